The molecule has 0 saturated carbocycles. The number of aliphatic hydroxyl groups is 1. The Morgan fingerprint density at radius 3 is 2.33 bits per heavy atom. The SMILES string of the molecule is CCOC(=O)N1CCN(C(=O)[C@H](CCC(=O)O)NC(=O)c2cc(C/C=C(/C)O)nc(-c3ccccc3)n2)CC1. The molecule has 0 aliphatic carbocycles. The van der Waals surface area contributed by atoms with Crippen LogP contribution in [0.2, 0.25) is 0 Å². The molecule has 3 amide bonds. The third kappa shape index (κ3) is 8.52. The fraction of sp³-hybridized carbons (Fsp3) is 0.407. The number of ether oxygens (including phenoxy) is 1. The lowest BCUT2D eigenvalue weighted by molar-refractivity contribution is -0.138. The predicted octanol–water partition coefficient (Wildman–Crippen LogP) is 2.41. The molecule has 1 aromatic carbocycles. The molecule has 1 saturated heterocycles. The number of carboxylic acids is 1. The van der Waals surface area contributed by atoms with E-state index < -0.39 is 29.9 Å². The second-order valence-electron chi connectivity index (χ2n) is 8.95. The molecule has 39 heavy (non-hydrogen) atoms. The standard InChI is InChI=1S/C27H33N5O7/c1-3-39-27(38)32-15-13-31(14-16-32)26(37)21(11-12-23(34)35)30-25(36)22-17-20(10-9-18(2)33)28-24(29-22)19-7-5-4-6-8-19/h4-9,17,21,33H,3,10-16H2,1-2H3,(H,30,36)(H,34,35)/b18-9-/t21-/m0/s1. The van der Waals surface area contributed by atoms with Gasteiger partial charge in [0.05, 0.1) is 12.4 Å². The molecule has 2 aromatic rings. The van der Waals surface area contributed by atoms with Crippen molar-refractivity contribution in [3.05, 3.63) is 59.6 Å². The summed E-state index contributed by atoms with van der Waals surface area (Å²) < 4.78 is 5.00. The number of carboxylic acid groups (broad SMARTS) is 1. The third-order valence-corrected chi connectivity index (χ3v) is 6.02. The molecule has 1 aliphatic heterocycles. The summed E-state index contributed by atoms with van der Waals surface area (Å²) in [4.78, 5) is 61.8. The van der Waals surface area contributed by atoms with Gasteiger partial charge in [-0.3, -0.25) is 14.4 Å². The van der Waals surface area contributed by atoms with Gasteiger partial charge in [-0.1, -0.05) is 30.3 Å². The van der Waals surface area contributed by atoms with Crippen LogP contribution in [0.15, 0.2) is 48.2 Å². The second-order valence-corrected chi connectivity index (χ2v) is 8.95. The smallest absolute Gasteiger partial charge is 0.409 e. The first-order valence-electron chi connectivity index (χ1n) is 12.7. The quantitative estimate of drug-likeness (QED) is 0.385. The normalized spacial score (nSPS) is 14.5. The highest BCUT2D eigenvalue weighted by atomic mass is 16.6. The van der Waals surface area contributed by atoms with Gasteiger partial charge >= 0.3 is 12.1 Å². The van der Waals surface area contributed by atoms with Crippen molar-refractivity contribution < 1.29 is 34.1 Å². The molecule has 1 fully saturated rings. The summed E-state index contributed by atoms with van der Waals surface area (Å²) in [5.74, 6) is -1.80. The van der Waals surface area contributed by atoms with Crippen LogP contribution in [0.25, 0.3) is 11.4 Å². The Balaban J connectivity index is 1.81. The summed E-state index contributed by atoms with van der Waals surface area (Å²) in [6.07, 6.45) is 0.892. The summed E-state index contributed by atoms with van der Waals surface area (Å²) in [5.41, 5.74) is 1.16. The Morgan fingerprint density at radius 1 is 1.05 bits per heavy atom. The summed E-state index contributed by atoms with van der Waals surface area (Å²) in [6.45, 7) is 4.45. The van der Waals surface area contributed by atoms with E-state index in [2.05, 4.69) is 15.3 Å². The molecule has 1 aromatic heterocycles. The van der Waals surface area contributed by atoms with Crippen molar-refractivity contribution in [2.24, 2.45) is 0 Å². The van der Waals surface area contributed by atoms with Crippen molar-refractivity contribution >= 4 is 23.9 Å². The lowest BCUT2D eigenvalue weighted by Gasteiger charge is -2.35. The lowest BCUT2D eigenvalue weighted by atomic mass is 10.1. The number of carbonyl (C=O) groups is 4. The number of nitrogens with zero attached hydrogens (tertiary/aromatic N) is 4. The number of carbonyl (C=O) groups excluding carboxylic acids is 3. The highest BCUT2D eigenvalue weighted by Gasteiger charge is 2.31. The summed E-state index contributed by atoms with van der Waals surface area (Å²) in [7, 11) is 0. The molecule has 0 radical (unpaired) electrons. The van der Waals surface area contributed by atoms with Crippen molar-refractivity contribution in [3.63, 3.8) is 0 Å². The molecule has 0 unspecified atom stereocenters. The average Bonchev–Trinajstić information content (AvgIpc) is 2.94. The first kappa shape index (κ1) is 29.1. The van der Waals surface area contributed by atoms with E-state index in [9.17, 15) is 29.4 Å². The molecular formula is C27H33N5O7. The maximum atomic E-state index is 13.3. The molecule has 1 atom stereocenters. The van der Waals surface area contributed by atoms with E-state index in [0.29, 0.717) is 17.1 Å². The van der Waals surface area contributed by atoms with Crippen LogP contribution in [0.5, 0.6) is 0 Å². The van der Waals surface area contributed by atoms with Crippen LogP contribution < -0.4 is 5.32 Å². The first-order chi connectivity index (χ1) is 18.7. The number of hydrogen-bond donors (Lipinski definition) is 3. The van der Waals surface area contributed by atoms with Crippen LogP contribution in [-0.4, -0.2) is 92.7 Å². The fourth-order valence-electron chi connectivity index (χ4n) is 3.99. The maximum absolute atomic E-state index is 13.3. The summed E-state index contributed by atoms with van der Waals surface area (Å²) in [6, 6.07) is 9.41. The van der Waals surface area contributed by atoms with E-state index >= 15 is 0 Å². The van der Waals surface area contributed by atoms with E-state index in [1.54, 1.807) is 25.1 Å². The number of amides is 3. The van der Waals surface area contributed by atoms with Crippen molar-refractivity contribution in [3.8, 4) is 11.4 Å². The minimum atomic E-state index is -1.11. The summed E-state index contributed by atoms with van der Waals surface area (Å²) >= 11 is 0. The highest BCUT2D eigenvalue weighted by Crippen LogP contribution is 2.17. The zero-order valence-corrected chi connectivity index (χ0v) is 22.0. The van der Waals surface area contributed by atoms with Crippen LogP contribution in [-0.2, 0) is 20.7 Å². The number of nitrogens with one attached hydrogen (secondary N) is 1. The highest BCUT2D eigenvalue weighted by molar-refractivity contribution is 5.96. The zero-order chi connectivity index (χ0) is 28.4. The van der Waals surface area contributed by atoms with Crippen LogP contribution in [0.4, 0.5) is 4.79 Å². The van der Waals surface area contributed by atoms with Gasteiger partial charge in [0.25, 0.3) is 5.91 Å². The Labute approximate surface area is 226 Å². The van der Waals surface area contributed by atoms with E-state index in [1.807, 2.05) is 18.2 Å². The van der Waals surface area contributed by atoms with E-state index in [1.165, 1.54) is 22.8 Å². The lowest BCUT2D eigenvalue weighted by Crippen LogP contribution is -2.56. The number of benzene rings is 1. The number of rotatable bonds is 10. The van der Waals surface area contributed by atoms with Gasteiger partial charge in [-0.15, -0.1) is 0 Å². The van der Waals surface area contributed by atoms with Crippen LogP contribution in [0, 0.1) is 0 Å². The van der Waals surface area contributed by atoms with E-state index in [0.717, 1.165) is 0 Å². The Bertz CT molecular complexity index is 1210. The number of aliphatic hydroxyl groups excluding tert-OH is 1. The van der Waals surface area contributed by atoms with Gasteiger partial charge in [0.1, 0.15) is 11.7 Å². The van der Waals surface area contributed by atoms with Gasteiger partial charge in [-0.25, -0.2) is 14.8 Å². The minimum Gasteiger partial charge on any atom is -0.513 e. The van der Waals surface area contributed by atoms with Crippen molar-refractivity contribution in [1.29, 1.82) is 0 Å². The molecule has 12 heteroatoms. The van der Waals surface area contributed by atoms with Gasteiger partial charge in [0.15, 0.2) is 5.82 Å². The molecular weight excluding hydrogens is 506 g/mol. The van der Waals surface area contributed by atoms with Gasteiger partial charge in [-0.2, -0.15) is 0 Å². The van der Waals surface area contributed by atoms with Crippen molar-refractivity contribution in [2.45, 2.75) is 39.2 Å². The minimum absolute atomic E-state index is 0.00287. The van der Waals surface area contributed by atoms with E-state index in [4.69, 9.17) is 4.74 Å². The van der Waals surface area contributed by atoms with Gasteiger partial charge < -0.3 is 30.1 Å². The zero-order valence-electron chi connectivity index (χ0n) is 22.0. The average molecular weight is 540 g/mol. The molecule has 0 bridgehead atoms. The molecule has 0 spiro atoms. The van der Waals surface area contributed by atoms with Gasteiger partial charge in [0.2, 0.25) is 5.91 Å². The number of piperazine rings is 1. The molecule has 3 N–H and O–H groups in total. The molecule has 208 valence electrons. The van der Waals surface area contributed by atoms with Gasteiger partial charge in [-0.05, 0) is 32.4 Å². The van der Waals surface area contributed by atoms with Gasteiger partial charge in [0, 0.05) is 50.3 Å². The Morgan fingerprint density at radius 2 is 1.72 bits per heavy atom. The largest absolute Gasteiger partial charge is 0.513 e. The molecule has 1 aliphatic rings. The first-order valence-corrected chi connectivity index (χ1v) is 12.7. The number of aromatic nitrogens is 2. The Hall–Kier alpha value is -4.48. The fourth-order valence-corrected chi connectivity index (χ4v) is 3.99. The van der Waals surface area contributed by atoms with Crippen LogP contribution in [0.1, 0.15) is 42.9 Å². The van der Waals surface area contributed by atoms with Crippen molar-refractivity contribution in [1.82, 2.24) is 25.1 Å². The molecule has 12 nitrogen and oxygen atoms in total. The number of hydrogen-bond acceptors (Lipinski definition) is 8. The number of aliphatic carboxylic acids is 1. The summed E-state index contributed by atoms with van der Waals surface area (Å²) in [5, 5.41) is 21.4. The van der Waals surface area contributed by atoms with Crippen LogP contribution in [0.3, 0.4) is 0 Å². The maximum Gasteiger partial charge on any atom is 0.409 e. The van der Waals surface area contributed by atoms with Crippen LogP contribution >= 0.6 is 0 Å². The monoisotopic (exact) mass is 539 g/mol. The molecule has 2 heterocycles. The topological polar surface area (TPSA) is 162 Å². The number of allylic oxidation sites excluding steroid dienone is 2. The Kier molecular flexibility index (Phi) is 10.4. The second kappa shape index (κ2) is 13.9. The van der Waals surface area contributed by atoms with Crippen molar-refractivity contribution in [2.75, 3.05) is 32.8 Å². The molecule has 3 rings (SSSR count). The predicted molar refractivity (Wildman–Crippen MR) is 141 cm³/mol. The van der Waals surface area contributed by atoms with E-state index in [-0.39, 0.29) is 63.5 Å². The third-order valence-electron chi connectivity index (χ3n) is 6.02.